The first-order valence-corrected chi connectivity index (χ1v) is 2.82. The van der Waals surface area contributed by atoms with Crippen LogP contribution >= 0.6 is 0 Å². The maximum Gasteiger partial charge on any atom is 0.288 e. The second-order valence-corrected chi connectivity index (χ2v) is 1.84. The summed E-state index contributed by atoms with van der Waals surface area (Å²) in [6, 6.07) is 2.70. The fraction of sp³-hybridized carbons (Fsp3) is 0. The van der Waals surface area contributed by atoms with Gasteiger partial charge in [0.2, 0.25) is 5.65 Å². The third-order valence-corrected chi connectivity index (χ3v) is 1.12. The lowest BCUT2D eigenvalue weighted by Crippen LogP contribution is -1.99. The Kier molecular flexibility index (Phi) is 1.12. The van der Waals surface area contributed by atoms with Crippen molar-refractivity contribution in [3.8, 4) is 0 Å². The fourth-order valence-electron chi connectivity index (χ4n) is 0.645. The molecule has 0 aliphatic heterocycles. The molecule has 0 spiro atoms. The molecule has 2 rings (SSSR count). The van der Waals surface area contributed by atoms with Crippen LogP contribution in [0, 0.1) is 0 Å². The molecule has 0 fully saturated rings. The van der Waals surface area contributed by atoms with Crippen LogP contribution in [0.15, 0.2) is 21.6 Å². The van der Waals surface area contributed by atoms with E-state index in [1.807, 2.05) is 0 Å². The Bertz CT molecular complexity index is 401. The fourth-order valence-corrected chi connectivity index (χ4v) is 0.645. The van der Waals surface area contributed by atoms with Crippen LogP contribution < -0.4 is 5.56 Å². The first-order chi connectivity index (χ1) is 5.36. The predicted octanol–water partition coefficient (Wildman–Crippen LogP) is -0.627. The summed E-state index contributed by atoms with van der Waals surface area (Å²) in [5.41, 5.74) is 0.219. The molecular weight excluding hydrogens is 148 g/mol. The highest BCUT2D eigenvalue weighted by atomic mass is 16.6. The minimum atomic E-state index is -0.426. The van der Waals surface area contributed by atoms with Gasteiger partial charge >= 0.3 is 0 Å². The molecule has 0 saturated heterocycles. The third kappa shape index (κ3) is 0.936. The molecule has 0 aliphatic carbocycles. The smallest absolute Gasteiger partial charge is 0.266 e. The van der Waals surface area contributed by atoms with Crippen LogP contribution in [-0.4, -0.2) is 20.5 Å². The molecule has 0 N–H and O–H groups in total. The normalized spacial score (nSPS) is 10.2. The zero-order valence-corrected chi connectivity index (χ0v) is 5.26. The maximum atomic E-state index is 10.6. The van der Waals surface area contributed by atoms with E-state index in [1.54, 1.807) is 0 Å². The average Bonchev–Trinajstić information content (AvgIpc) is 2.38. The Morgan fingerprint density at radius 1 is 1.18 bits per heavy atom. The van der Waals surface area contributed by atoms with Crippen LogP contribution in [0.5, 0.6) is 0 Å². The monoisotopic (exact) mass is 150 g/mol. The number of aromatic nitrogens is 4. The Labute approximate surface area is 59.8 Å². The number of fused-ring (bicyclic) bond motifs is 1. The van der Waals surface area contributed by atoms with Crippen LogP contribution in [0.25, 0.3) is 11.2 Å². The van der Waals surface area contributed by atoms with Crippen molar-refractivity contribution in [2.45, 2.75) is 0 Å². The van der Waals surface area contributed by atoms with Crippen molar-refractivity contribution in [2.75, 3.05) is 0 Å². The second kappa shape index (κ2) is 2.08. The highest BCUT2D eigenvalue weighted by molar-refractivity contribution is 5.65. The minimum absolute atomic E-state index is 0.229. The van der Waals surface area contributed by atoms with Gasteiger partial charge < -0.3 is 0 Å². The number of hydrogen-bond donors (Lipinski definition) is 0. The summed E-state index contributed by atoms with van der Waals surface area (Å²) >= 11 is 0. The van der Waals surface area contributed by atoms with Crippen LogP contribution in [0.1, 0.15) is 0 Å². The van der Waals surface area contributed by atoms with Gasteiger partial charge in [0.25, 0.3) is 5.56 Å². The summed E-state index contributed by atoms with van der Waals surface area (Å²) in [6.45, 7) is 0. The predicted molar refractivity (Wildman–Crippen MR) is 33.7 cm³/mol. The number of hydrogen-bond acceptors (Lipinski definition) is 6. The molecule has 2 aromatic rings. The first kappa shape index (κ1) is 5.90. The highest BCUT2D eigenvalue weighted by Crippen LogP contribution is 1.98. The van der Waals surface area contributed by atoms with E-state index < -0.39 is 5.56 Å². The molecule has 54 valence electrons. The second-order valence-electron chi connectivity index (χ2n) is 1.84. The van der Waals surface area contributed by atoms with Crippen LogP contribution in [0.2, 0.25) is 0 Å². The van der Waals surface area contributed by atoms with Crippen molar-refractivity contribution in [1.29, 1.82) is 0 Å². The lowest BCUT2D eigenvalue weighted by Gasteiger charge is -1.63. The molecule has 0 amide bonds. The van der Waals surface area contributed by atoms with Gasteiger partial charge in [-0.05, 0) is 16.4 Å². The van der Waals surface area contributed by atoms with E-state index in [0.29, 0.717) is 5.52 Å². The summed E-state index contributed by atoms with van der Waals surface area (Å²) < 4.78 is 4.34. The van der Waals surface area contributed by atoms with Gasteiger partial charge in [-0.25, -0.2) is 4.63 Å². The van der Waals surface area contributed by atoms with Crippen molar-refractivity contribution in [1.82, 2.24) is 20.5 Å². The van der Waals surface area contributed by atoms with E-state index in [2.05, 4.69) is 25.1 Å². The summed E-state index contributed by atoms with van der Waals surface area (Å²) in [4.78, 5) is 10.6. The van der Waals surface area contributed by atoms with E-state index in [-0.39, 0.29) is 5.65 Å². The van der Waals surface area contributed by atoms with Crippen molar-refractivity contribution < 1.29 is 4.63 Å². The van der Waals surface area contributed by atoms with Gasteiger partial charge in [0, 0.05) is 6.07 Å². The molecule has 6 heteroatoms. The van der Waals surface area contributed by atoms with Gasteiger partial charge in [-0.15, -0.1) is 10.2 Å². The Morgan fingerprint density at radius 2 is 2.09 bits per heavy atom. The molecule has 0 bridgehead atoms. The molecule has 0 atom stereocenters. The van der Waals surface area contributed by atoms with Crippen LogP contribution in [-0.2, 0) is 0 Å². The molecular formula is C5H2N4O2. The van der Waals surface area contributed by atoms with Gasteiger partial charge in [-0.3, -0.25) is 4.79 Å². The van der Waals surface area contributed by atoms with E-state index in [4.69, 9.17) is 0 Å². The molecule has 6 nitrogen and oxygen atoms in total. The van der Waals surface area contributed by atoms with Crippen molar-refractivity contribution in [3.05, 3.63) is 22.5 Å². The highest BCUT2D eigenvalue weighted by Gasteiger charge is 1.97. The minimum Gasteiger partial charge on any atom is -0.266 e. The molecule has 0 saturated carbocycles. The van der Waals surface area contributed by atoms with Gasteiger partial charge in [-0.2, -0.15) is 0 Å². The van der Waals surface area contributed by atoms with Gasteiger partial charge in [-0.1, -0.05) is 0 Å². The third-order valence-electron chi connectivity index (χ3n) is 1.12. The SMILES string of the molecule is O=c1ccc2nonc2nn1. The van der Waals surface area contributed by atoms with Gasteiger partial charge in [0.1, 0.15) is 0 Å². The zero-order chi connectivity index (χ0) is 7.68. The molecule has 0 radical (unpaired) electrons. The van der Waals surface area contributed by atoms with E-state index >= 15 is 0 Å². The van der Waals surface area contributed by atoms with Gasteiger partial charge in [0.05, 0.1) is 0 Å². The number of rotatable bonds is 0. The van der Waals surface area contributed by atoms with E-state index in [1.165, 1.54) is 12.1 Å². The molecule has 2 aromatic heterocycles. The van der Waals surface area contributed by atoms with Gasteiger partial charge in [0.15, 0.2) is 5.52 Å². The Morgan fingerprint density at radius 3 is 3.00 bits per heavy atom. The lowest BCUT2D eigenvalue weighted by molar-refractivity contribution is 0.314. The van der Waals surface area contributed by atoms with E-state index in [9.17, 15) is 4.79 Å². The molecule has 11 heavy (non-hydrogen) atoms. The molecule has 0 aliphatic rings. The topological polar surface area (TPSA) is 81.8 Å². The first-order valence-electron chi connectivity index (χ1n) is 2.82. The quantitative estimate of drug-likeness (QED) is 0.497. The summed E-state index contributed by atoms with van der Waals surface area (Å²) in [5, 5.41) is 13.6. The Hall–Kier alpha value is -1.85. The molecule has 0 unspecified atom stereocenters. The summed E-state index contributed by atoms with van der Waals surface area (Å²) in [6.07, 6.45) is 0. The molecule has 2 heterocycles. The maximum absolute atomic E-state index is 10.6. The standard InChI is InChI=1S/C5H2N4O2/c10-4-2-1-3-5(7-6-4)9-11-8-3/h1-2H. The number of nitrogens with zero attached hydrogens (tertiary/aromatic N) is 4. The Balaban J connectivity index is 2.96. The summed E-state index contributed by atoms with van der Waals surface area (Å²) in [5.74, 6) is 0. The lowest BCUT2D eigenvalue weighted by atomic mass is 10.5. The zero-order valence-electron chi connectivity index (χ0n) is 5.26. The van der Waals surface area contributed by atoms with Crippen molar-refractivity contribution >= 4 is 11.2 Å². The average molecular weight is 150 g/mol. The van der Waals surface area contributed by atoms with Crippen LogP contribution in [0.3, 0.4) is 0 Å². The summed E-state index contributed by atoms with van der Waals surface area (Å²) in [7, 11) is 0. The largest absolute Gasteiger partial charge is 0.288 e. The van der Waals surface area contributed by atoms with Crippen molar-refractivity contribution in [2.24, 2.45) is 0 Å². The van der Waals surface area contributed by atoms with E-state index in [0.717, 1.165) is 0 Å². The molecule has 0 aromatic carbocycles. The van der Waals surface area contributed by atoms with Crippen molar-refractivity contribution in [3.63, 3.8) is 0 Å². The van der Waals surface area contributed by atoms with Crippen LogP contribution in [0.4, 0.5) is 0 Å².